The van der Waals surface area contributed by atoms with E-state index >= 15 is 0 Å². The monoisotopic (exact) mass is 684 g/mol. The summed E-state index contributed by atoms with van der Waals surface area (Å²) in [5, 5.41) is 15.8. The molecule has 4 heteroatoms. The van der Waals surface area contributed by atoms with Crippen LogP contribution in [0.2, 0.25) is 0 Å². The van der Waals surface area contributed by atoms with Crippen molar-refractivity contribution in [1.29, 1.82) is 0 Å². The first-order valence-electron chi connectivity index (χ1n) is 18.5. The van der Waals surface area contributed by atoms with Crippen LogP contribution in [0.5, 0.6) is 0 Å². The highest BCUT2D eigenvalue weighted by Crippen LogP contribution is 2.47. The summed E-state index contributed by atoms with van der Waals surface area (Å²) in [6, 6.07) is 61.6. The highest BCUT2D eigenvalue weighted by Gasteiger charge is 2.26. The van der Waals surface area contributed by atoms with Crippen molar-refractivity contribution >= 4 is 103 Å². The van der Waals surface area contributed by atoms with E-state index in [2.05, 4.69) is 179 Å². The molecule has 9 aromatic carbocycles. The number of benzene rings is 9. The van der Waals surface area contributed by atoms with Crippen LogP contribution in [0.15, 0.2) is 170 Å². The SMILES string of the molecule is c1ccc2cc3c(cc2c1)c1cc2c4ccccc4n(-c4nc(-c5ccc6ccc7ccccc7c6c5)nc5ccccc45)c2c2c4ccccc4n3c12. The van der Waals surface area contributed by atoms with Gasteiger partial charge < -0.3 is 4.40 Å². The molecule has 0 fully saturated rings. The van der Waals surface area contributed by atoms with Crippen molar-refractivity contribution in [2.24, 2.45) is 0 Å². The predicted molar refractivity (Wildman–Crippen MR) is 226 cm³/mol. The van der Waals surface area contributed by atoms with E-state index in [0.29, 0.717) is 5.82 Å². The van der Waals surface area contributed by atoms with E-state index < -0.39 is 0 Å². The molecule has 0 bridgehead atoms. The Morgan fingerprint density at radius 1 is 0.352 bits per heavy atom. The molecular weight excluding hydrogens is 657 g/mol. The van der Waals surface area contributed by atoms with Gasteiger partial charge in [0.2, 0.25) is 0 Å². The van der Waals surface area contributed by atoms with Gasteiger partial charge >= 0.3 is 0 Å². The molecule has 0 aliphatic carbocycles. The van der Waals surface area contributed by atoms with Crippen molar-refractivity contribution in [3.8, 4) is 17.2 Å². The molecule has 13 aromatic rings. The fourth-order valence-corrected chi connectivity index (χ4v) is 9.41. The number of fused-ring (bicyclic) bond motifs is 15. The zero-order valence-electron chi connectivity index (χ0n) is 29.0. The molecule has 0 amide bonds. The van der Waals surface area contributed by atoms with E-state index in [-0.39, 0.29) is 0 Å². The first-order chi connectivity index (χ1) is 26.8. The average Bonchev–Trinajstić information content (AvgIpc) is 3.86. The molecule has 4 nitrogen and oxygen atoms in total. The van der Waals surface area contributed by atoms with Crippen LogP contribution in [0, 0.1) is 0 Å². The smallest absolute Gasteiger partial charge is 0.162 e. The third kappa shape index (κ3) is 3.61. The summed E-state index contributed by atoms with van der Waals surface area (Å²) in [5.74, 6) is 1.59. The second-order valence-electron chi connectivity index (χ2n) is 14.6. The molecular formula is C50H28N4. The van der Waals surface area contributed by atoms with Crippen LogP contribution in [0.25, 0.3) is 120 Å². The molecule has 0 saturated heterocycles. The quantitative estimate of drug-likeness (QED) is 0.170. The van der Waals surface area contributed by atoms with Crippen LogP contribution < -0.4 is 0 Å². The summed E-state index contributed by atoms with van der Waals surface area (Å²) in [4.78, 5) is 10.8. The van der Waals surface area contributed by atoms with Crippen molar-refractivity contribution in [1.82, 2.24) is 18.9 Å². The summed E-state index contributed by atoms with van der Waals surface area (Å²) in [6.45, 7) is 0. The Kier molecular flexibility index (Phi) is 5.34. The molecule has 0 aliphatic heterocycles. The third-order valence-electron chi connectivity index (χ3n) is 11.8. The Morgan fingerprint density at radius 3 is 1.83 bits per heavy atom. The fraction of sp³-hybridized carbons (Fsp3) is 0. The van der Waals surface area contributed by atoms with Gasteiger partial charge in [0.1, 0.15) is 5.82 Å². The molecule has 0 radical (unpaired) electrons. The maximum Gasteiger partial charge on any atom is 0.162 e. The number of nitrogens with zero attached hydrogens (tertiary/aromatic N) is 4. The minimum absolute atomic E-state index is 0.711. The van der Waals surface area contributed by atoms with Crippen LogP contribution in [-0.4, -0.2) is 18.9 Å². The van der Waals surface area contributed by atoms with Crippen LogP contribution in [-0.2, 0) is 0 Å². The minimum atomic E-state index is 0.711. The molecule has 0 saturated carbocycles. The van der Waals surface area contributed by atoms with Crippen LogP contribution >= 0.6 is 0 Å². The molecule has 13 rings (SSSR count). The predicted octanol–water partition coefficient (Wildman–Crippen LogP) is 13.0. The van der Waals surface area contributed by atoms with Gasteiger partial charge in [-0.05, 0) is 80.8 Å². The maximum atomic E-state index is 5.55. The van der Waals surface area contributed by atoms with Gasteiger partial charge in [0.25, 0.3) is 0 Å². The molecule has 0 unspecified atom stereocenters. The zero-order chi connectivity index (χ0) is 35.1. The molecule has 4 aromatic heterocycles. The van der Waals surface area contributed by atoms with Crippen LogP contribution in [0.4, 0.5) is 0 Å². The topological polar surface area (TPSA) is 35.1 Å². The Morgan fingerprint density at radius 2 is 0.981 bits per heavy atom. The summed E-state index contributed by atoms with van der Waals surface area (Å²) in [6.07, 6.45) is 0. The largest absolute Gasteiger partial charge is 0.308 e. The molecule has 0 N–H and O–H groups in total. The Bertz CT molecular complexity index is 3740. The van der Waals surface area contributed by atoms with Crippen molar-refractivity contribution in [2.75, 3.05) is 0 Å². The van der Waals surface area contributed by atoms with Gasteiger partial charge in [0.15, 0.2) is 5.82 Å². The van der Waals surface area contributed by atoms with E-state index in [4.69, 9.17) is 9.97 Å². The van der Waals surface area contributed by atoms with Gasteiger partial charge in [-0.2, -0.15) is 0 Å². The van der Waals surface area contributed by atoms with Gasteiger partial charge in [-0.15, -0.1) is 0 Å². The number of hydrogen-bond donors (Lipinski definition) is 0. The molecule has 4 heterocycles. The molecule has 248 valence electrons. The fourth-order valence-electron chi connectivity index (χ4n) is 9.41. The third-order valence-corrected chi connectivity index (χ3v) is 11.8. The first kappa shape index (κ1) is 28.3. The number of rotatable bonds is 2. The lowest BCUT2D eigenvalue weighted by atomic mass is 10.00. The van der Waals surface area contributed by atoms with Gasteiger partial charge in [-0.3, -0.25) is 4.57 Å². The molecule has 0 atom stereocenters. The average molecular weight is 685 g/mol. The number of aromatic nitrogens is 4. The van der Waals surface area contributed by atoms with E-state index in [1.165, 1.54) is 86.7 Å². The van der Waals surface area contributed by atoms with Crippen LogP contribution in [0.1, 0.15) is 0 Å². The summed E-state index contributed by atoms with van der Waals surface area (Å²) >= 11 is 0. The summed E-state index contributed by atoms with van der Waals surface area (Å²) in [7, 11) is 0. The maximum absolute atomic E-state index is 5.55. The highest BCUT2D eigenvalue weighted by molar-refractivity contribution is 6.34. The van der Waals surface area contributed by atoms with E-state index in [9.17, 15) is 0 Å². The van der Waals surface area contributed by atoms with E-state index in [1.807, 2.05) is 0 Å². The number of hydrogen-bond acceptors (Lipinski definition) is 2. The zero-order valence-corrected chi connectivity index (χ0v) is 29.0. The molecule has 0 aliphatic rings. The lowest BCUT2D eigenvalue weighted by molar-refractivity contribution is 1.08. The molecule has 0 spiro atoms. The Labute approximate surface area is 308 Å². The van der Waals surface area contributed by atoms with Crippen molar-refractivity contribution < 1.29 is 0 Å². The summed E-state index contributed by atoms with van der Waals surface area (Å²) < 4.78 is 4.91. The lowest BCUT2D eigenvalue weighted by Crippen LogP contribution is -2.03. The Balaban J connectivity index is 1.20. The molecule has 54 heavy (non-hydrogen) atoms. The second-order valence-corrected chi connectivity index (χ2v) is 14.6. The van der Waals surface area contributed by atoms with Gasteiger partial charge in [0.05, 0.1) is 33.1 Å². The van der Waals surface area contributed by atoms with Gasteiger partial charge in [0, 0.05) is 43.3 Å². The minimum Gasteiger partial charge on any atom is -0.308 e. The van der Waals surface area contributed by atoms with Crippen molar-refractivity contribution in [3.05, 3.63) is 170 Å². The van der Waals surface area contributed by atoms with Crippen LogP contribution in [0.3, 0.4) is 0 Å². The standard InChI is InChI=1S/C50H28N4/c1-2-13-32-27-45-39(25-31(32)12-1)41-28-40-35-15-6-9-19-43(35)54(48(40)46-37-17-7-10-20-44(37)53(45)47(41)46)50-36-16-5-8-18-42(36)51-49(52-50)33-24-23-30-22-21-29-11-3-4-14-34(29)38(30)26-33/h1-28H. The number of para-hydroxylation sites is 3. The Hall–Kier alpha value is -7.30. The van der Waals surface area contributed by atoms with Crippen molar-refractivity contribution in [3.63, 3.8) is 0 Å². The second kappa shape index (κ2) is 10.2. The van der Waals surface area contributed by atoms with Gasteiger partial charge in [-0.1, -0.05) is 121 Å². The first-order valence-corrected chi connectivity index (χ1v) is 18.5. The lowest BCUT2D eigenvalue weighted by Gasteiger charge is -2.14. The van der Waals surface area contributed by atoms with E-state index in [1.54, 1.807) is 0 Å². The highest BCUT2D eigenvalue weighted by atomic mass is 15.1. The van der Waals surface area contributed by atoms with Gasteiger partial charge in [-0.25, -0.2) is 9.97 Å². The summed E-state index contributed by atoms with van der Waals surface area (Å²) in [5.41, 5.74) is 7.90. The van der Waals surface area contributed by atoms with Crippen molar-refractivity contribution in [2.45, 2.75) is 0 Å². The normalized spacial score (nSPS) is 12.4. The van der Waals surface area contributed by atoms with E-state index in [0.717, 1.165) is 27.8 Å².